The van der Waals surface area contributed by atoms with Crippen LogP contribution in [0.15, 0.2) is 48.5 Å². The molecule has 0 unspecified atom stereocenters. The lowest BCUT2D eigenvalue weighted by molar-refractivity contribution is -0.617. The minimum Gasteiger partial charge on any atom is -0.418 e. The second kappa shape index (κ2) is 5.44. The molecule has 20 heavy (non-hydrogen) atoms. The number of para-hydroxylation sites is 4. The average Bonchev–Trinajstić information content (AvgIpc) is 2.37. The van der Waals surface area contributed by atoms with E-state index in [0.717, 1.165) is 22.1 Å². The molecule has 0 amide bonds. The van der Waals surface area contributed by atoms with Crippen molar-refractivity contribution in [1.82, 2.24) is 4.98 Å². The Labute approximate surface area is 112 Å². The van der Waals surface area contributed by atoms with E-state index in [1.165, 1.54) is 0 Å². The van der Waals surface area contributed by atoms with Gasteiger partial charge in [-0.3, -0.25) is 0 Å². The van der Waals surface area contributed by atoms with Crippen molar-refractivity contribution in [3.05, 3.63) is 48.5 Å². The van der Waals surface area contributed by atoms with Crippen LogP contribution >= 0.6 is 0 Å². The molecule has 0 saturated heterocycles. The predicted molar refractivity (Wildman–Crippen MR) is 70.6 cm³/mol. The average molecular weight is 282 g/mol. The maximum Gasteiger partial charge on any atom is 0.673 e. The Morgan fingerprint density at radius 3 is 1.55 bits per heavy atom. The van der Waals surface area contributed by atoms with Crippen molar-refractivity contribution >= 4 is 29.3 Å². The summed E-state index contributed by atoms with van der Waals surface area (Å²) >= 11 is 0. The van der Waals surface area contributed by atoms with Gasteiger partial charge in [0, 0.05) is 12.1 Å². The van der Waals surface area contributed by atoms with E-state index >= 15 is 0 Å². The topological polar surface area (TPSA) is 16.8 Å². The maximum atomic E-state index is 9.75. The SMILES string of the molecule is C[n+]1c2ccccc2nc2ccccc21.F[B-](F)(F)F. The number of hydrogen-bond acceptors (Lipinski definition) is 1. The van der Waals surface area contributed by atoms with E-state index in [0.29, 0.717) is 0 Å². The molecule has 104 valence electrons. The molecule has 0 atom stereocenters. The smallest absolute Gasteiger partial charge is 0.418 e. The Bertz CT molecular complexity index is 683. The molecule has 7 heteroatoms. The molecule has 0 aliphatic carbocycles. The lowest BCUT2D eigenvalue weighted by atomic mass is 10.2. The summed E-state index contributed by atoms with van der Waals surface area (Å²) < 4.78 is 41.2. The van der Waals surface area contributed by atoms with Crippen molar-refractivity contribution in [1.29, 1.82) is 0 Å². The molecule has 0 aliphatic heterocycles. The highest BCUT2D eigenvalue weighted by molar-refractivity contribution is 6.50. The van der Waals surface area contributed by atoms with Crippen molar-refractivity contribution in [2.24, 2.45) is 7.05 Å². The van der Waals surface area contributed by atoms with Crippen LogP contribution in [0.4, 0.5) is 17.3 Å². The van der Waals surface area contributed by atoms with Crippen LogP contribution in [0.25, 0.3) is 22.1 Å². The molecular formula is C13H11BF4N2. The molecule has 0 radical (unpaired) electrons. The Balaban J connectivity index is 0.000000257. The van der Waals surface area contributed by atoms with E-state index in [1.54, 1.807) is 0 Å². The van der Waals surface area contributed by atoms with Gasteiger partial charge >= 0.3 is 7.25 Å². The first kappa shape index (κ1) is 14.2. The number of nitrogens with zero attached hydrogens (tertiary/aromatic N) is 2. The molecule has 3 aromatic rings. The van der Waals surface area contributed by atoms with E-state index in [9.17, 15) is 17.3 Å². The normalized spacial score (nSPS) is 11.2. The Morgan fingerprint density at radius 1 is 0.800 bits per heavy atom. The van der Waals surface area contributed by atoms with E-state index in [1.807, 2.05) is 36.4 Å². The molecule has 0 spiro atoms. The fourth-order valence-corrected chi connectivity index (χ4v) is 1.94. The van der Waals surface area contributed by atoms with Crippen LogP contribution in [0.1, 0.15) is 0 Å². The Kier molecular flexibility index (Phi) is 3.87. The predicted octanol–water partition coefficient (Wildman–Crippen LogP) is 3.51. The van der Waals surface area contributed by atoms with Gasteiger partial charge in [-0.15, -0.1) is 0 Å². The van der Waals surface area contributed by atoms with Crippen LogP contribution in [0, 0.1) is 0 Å². The third-order valence-electron chi connectivity index (χ3n) is 2.73. The summed E-state index contributed by atoms with van der Waals surface area (Å²) in [4.78, 5) is 4.62. The van der Waals surface area contributed by atoms with Gasteiger partial charge in [0.25, 0.3) is 0 Å². The number of aromatic nitrogens is 2. The van der Waals surface area contributed by atoms with E-state index in [-0.39, 0.29) is 0 Å². The molecule has 0 fully saturated rings. The van der Waals surface area contributed by atoms with Gasteiger partial charge in [0.1, 0.15) is 18.1 Å². The third kappa shape index (κ3) is 3.43. The van der Waals surface area contributed by atoms with E-state index in [4.69, 9.17) is 0 Å². The fraction of sp³-hybridized carbons (Fsp3) is 0.0769. The largest absolute Gasteiger partial charge is 0.673 e. The van der Waals surface area contributed by atoms with Gasteiger partial charge in [0.2, 0.25) is 11.0 Å². The van der Waals surface area contributed by atoms with Gasteiger partial charge in [-0.05, 0) is 12.1 Å². The molecule has 1 heterocycles. The number of halogens is 4. The second-order valence-electron chi connectivity index (χ2n) is 4.14. The van der Waals surface area contributed by atoms with Crippen molar-refractivity contribution in [2.45, 2.75) is 0 Å². The lowest BCUT2D eigenvalue weighted by Crippen LogP contribution is -2.30. The highest BCUT2D eigenvalue weighted by atomic mass is 19.5. The number of hydrogen-bond donors (Lipinski definition) is 0. The first-order chi connectivity index (χ1) is 9.36. The molecule has 0 aliphatic rings. The van der Waals surface area contributed by atoms with Crippen molar-refractivity contribution in [2.75, 3.05) is 0 Å². The van der Waals surface area contributed by atoms with E-state index < -0.39 is 7.25 Å². The molecule has 1 aromatic heterocycles. The summed E-state index contributed by atoms with van der Waals surface area (Å²) in [6.07, 6.45) is 0. The Morgan fingerprint density at radius 2 is 1.15 bits per heavy atom. The first-order valence-corrected chi connectivity index (χ1v) is 5.87. The molecule has 2 nitrogen and oxygen atoms in total. The highest BCUT2D eigenvalue weighted by Crippen LogP contribution is 2.12. The number of fused-ring (bicyclic) bond motifs is 2. The van der Waals surface area contributed by atoms with Crippen molar-refractivity contribution in [3.8, 4) is 0 Å². The Hall–Kier alpha value is -2.18. The second-order valence-corrected chi connectivity index (χ2v) is 4.14. The monoisotopic (exact) mass is 282 g/mol. The lowest BCUT2D eigenvalue weighted by Gasteiger charge is -1.99. The fourth-order valence-electron chi connectivity index (χ4n) is 1.94. The van der Waals surface area contributed by atoms with Gasteiger partial charge < -0.3 is 17.3 Å². The molecule has 3 rings (SSSR count). The van der Waals surface area contributed by atoms with E-state index in [2.05, 4.69) is 28.7 Å². The zero-order valence-corrected chi connectivity index (χ0v) is 10.6. The molecule has 2 aromatic carbocycles. The van der Waals surface area contributed by atoms with Gasteiger partial charge in [-0.1, -0.05) is 24.3 Å². The molecular weight excluding hydrogens is 271 g/mol. The first-order valence-electron chi connectivity index (χ1n) is 5.87. The number of aryl methyl sites for hydroxylation is 1. The molecule has 0 N–H and O–H groups in total. The molecule has 0 bridgehead atoms. The summed E-state index contributed by atoms with van der Waals surface area (Å²) in [6.45, 7) is 0. The third-order valence-corrected chi connectivity index (χ3v) is 2.73. The van der Waals surface area contributed by atoms with Crippen LogP contribution < -0.4 is 4.57 Å². The van der Waals surface area contributed by atoms with Gasteiger partial charge in [-0.2, -0.15) is 4.57 Å². The standard InChI is InChI=1S/C13H11N2.BF4/c1-15-12-8-4-2-6-10(12)14-11-7-3-5-9-13(11)15;2-1(3,4)5/h2-9H,1H3;/q+1;-1. The van der Waals surface area contributed by atoms with Crippen LogP contribution in [0.3, 0.4) is 0 Å². The van der Waals surface area contributed by atoms with Crippen LogP contribution in [0.2, 0.25) is 0 Å². The molecule has 0 saturated carbocycles. The summed E-state index contributed by atoms with van der Waals surface area (Å²) in [5.41, 5.74) is 4.41. The van der Waals surface area contributed by atoms with Crippen LogP contribution in [0.5, 0.6) is 0 Å². The minimum atomic E-state index is -6.00. The van der Waals surface area contributed by atoms with Crippen molar-refractivity contribution < 1.29 is 21.8 Å². The summed E-state index contributed by atoms with van der Waals surface area (Å²) in [5.74, 6) is 0. The summed E-state index contributed by atoms with van der Waals surface area (Å²) in [7, 11) is -3.92. The van der Waals surface area contributed by atoms with Gasteiger partial charge in [-0.25, -0.2) is 4.98 Å². The highest BCUT2D eigenvalue weighted by Gasteiger charge is 2.20. The zero-order chi connectivity index (χ0) is 14.8. The summed E-state index contributed by atoms with van der Waals surface area (Å²) in [5, 5.41) is 0. The van der Waals surface area contributed by atoms with Gasteiger partial charge in [0.15, 0.2) is 0 Å². The van der Waals surface area contributed by atoms with Crippen LogP contribution in [-0.2, 0) is 7.05 Å². The number of rotatable bonds is 0. The quantitative estimate of drug-likeness (QED) is 0.267. The summed E-state index contributed by atoms with van der Waals surface area (Å²) in [6, 6.07) is 16.4. The zero-order valence-electron chi connectivity index (χ0n) is 10.6. The van der Waals surface area contributed by atoms with Crippen molar-refractivity contribution in [3.63, 3.8) is 0 Å². The minimum absolute atomic E-state index is 1.04. The number of benzene rings is 2. The van der Waals surface area contributed by atoms with Gasteiger partial charge in [0.05, 0.1) is 0 Å². The van der Waals surface area contributed by atoms with Crippen LogP contribution in [-0.4, -0.2) is 12.2 Å². The maximum absolute atomic E-state index is 9.75.